The number of hydrogen-bond donors (Lipinski definition) is 3. The van der Waals surface area contributed by atoms with E-state index in [9.17, 15) is 9.59 Å². The third-order valence-electron chi connectivity index (χ3n) is 1.90. The monoisotopic (exact) mass is 224 g/mol. The number of carboxylic acid groups (broad SMARTS) is 1. The Kier molecular flexibility index (Phi) is 3.82. The lowest BCUT2D eigenvalue weighted by Gasteiger charge is -2.12. The van der Waals surface area contributed by atoms with Crippen LogP contribution in [0.5, 0.6) is 5.75 Å². The van der Waals surface area contributed by atoms with Gasteiger partial charge < -0.3 is 15.5 Å². The molecule has 6 nitrogen and oxygen atoms in total. The van der Waals surface area contributed by atoms with Crippen molar-refractivity contribution >= 4 is 11.9 Å². The fourth-order valence-electron chi connectivity index (χ4n) is 1.27. The molecule has 0 saturated heterocycles. The van der Waals surface area contributed by atoms with Crippen LogP contribution in [0, 0.1) is 0 Å². The van der Waals surface area contributed by atoms with Crippen molar-refractivity contribution in [3.05, 3.63) is 24.0 Å². The number of aromatic nitrogens is 1. The number of carbonyl (C=O) groups excluding carboxylic acids is 1. The van der Waals surface area contributed by atoms with Gasteiger partial charge >= 0.3 is 5.97 Å². The van der Waals surface area contributed by atoms with E-state index in [4.69, 9.17) is 10.2 Å². The number of aromatic hydroxyl groups is 1. The largest absolute Gasteiger partial charge is 0.506 e. The highest BCUT2D eigenvalue weighted by atomic mass is 16.4. The van der Waals surface area contributed by atoms with Crippen LogP contribution < -0.4 is 5.32 Å². The molecule has 0 radical (unpaired) electrons. The molecule has 1 atom stereocenters. The van der Waals surface area contributed by atoms with Crippen molar-refractivity contribution in [3.8, 4) is 5.75 Å². The molecule has 1 aromatic rings. The van der Waals surface area contributed by atoms with Crippen molar-refractivity contribution < 1.29 is 19.8 Å². The average Bonchev–Trinajstić information content (AvgIpc) is 2.15. The first-order chi connectivity index (χ1) is 7.49. The summed E-state index contributed by atoms with van der Waals surface area (Å²) in [6.45, 7) is 1.25. The summed E-state index contributed by atoms with van der Waals surface area (Å²) in [5, 5.41) is 20.3. The SMILES string of the molecule is CC(=O)NC(Cc1cncc(O)c1)C(=O)O. The van der Waals surface area contributed by atoms with Gasteiger partial charge in [0, 0.05) is 19.5 Å². The fraction of sp³-hybridized carbons (Fsp3) is 0.300. The minimum atomic E-state index is -1.13. The van der Waals surface area contributed by atoms with E-state index in [1.165, 1.54) is 25.4 Å². The minimum absolute atomic E-state index is 0.0375. The Bertz CT molecular complexity index is 406. The van der Waals surface area contributed by atoms with E-state index >= 15 is 0 Å². The van der Waals surface area contributed by atoms with E-state index in [2.05, 4.69) is 10.3 Å². The summed E-state index contributed by atoms with van der Waals surface area (Å²) in [5.41, 5.74) is 0.543. The molecule has 0 aliphatic carbocycles. The van der Waals surface area contributed by atoms with E-state index in [1.807, 2.05) is 0 Å². The normalized spacial score (nSPS) is 11.8. The molecule has 0 spiro atoms. The number of nitrogens with zero attached hydrogens (tertiary/aromatic N) is 1. The van der Waals surface area contributed by atoms with Crippen molar-refractivity contribution in [1.29, 1.82) is 0 Å². The maximum Gasteiger partial charge on any atom is 0.326 e. The summed E-state index contributed by atoms with van der Waals surface area (Å²) in [5.74, 6) is -1.58. The third-order valence-corrected chi connectivity index (χ3v) is 1.90. The van der Waals surface area contributed by atoms with Crippen molar-refractivity contribution in [3.63, 3.8) is 0 Å². The molecule has 0 fully saturated rings. The average molecular weight is 224 g/mol. The zero-order valence-electron chi connectivity index (χ0n) is 8.67. The first-order valence-corrected chi connectivity index (χ1v) is 4.62. The van der Waals surface area contributed by atoms with Crippen LogP contribution in [0.1, 0.15) is 12.5 Å². The highest BCUT2D eigenvalue weighted by molar-refractivity contribution is 5.82. The van der Waals surface area contributed by atoms with Gasteiger partial charge in [0.15, 0.2) is 0 Å². The van der Waals surface area contributed by atoms with Crippen LogP contribution in [0.2, 0.25) is 0 Å². The van der Waals surface area contributed by atoms with Gasteiger partial charge in [-0.05, 0) is 11.6 Å². The Morgan fingerprint density at radius 1 is 1.50 bits per heavy atom. The molecule has 0 aliphatic rings. The molecule has 0 saturated carbocycles. The lowest BCUT2D eigenvalue weighted by molar-refractivity contribution is -0.141. The minimum Gasteiger partial charge on any atom is -0.506 e. The van der Waals surface area contributed by atoms with Crippen molar-refractivity contribution in [2.24, 2.45) is 0 Å². The summed E-state index contributed by atoms with van der Waals surface area (Å²) in [6.07, 6.45) is 2.77. The summed E-state index contributed by atoms with van der Waals surface area (Å²) in [6, 6.07) is 0.395. The Hall–Kier alpha value is -2.11. The second kappa shape index (κ2) is 5.11. The van der Waals surface area contributed by atoms with Gasteiger partial charge in [0.25, 0.3) is 0 Å². The standard InChI is InChI=1S/C10H12N2O4/c1-6(13)12-9(10(15)16)3-7-2-8(14)5-11-4-7/h2,4-5,9,14H,3H2,1H3,(H,12,13)(H,15,16). The lowest BCUT2D eigenvalue weighted by Crippen LogP contribution is -2.41. The first-order valence-electron chi connectivity index (χ1n) is 4.62. The zero-order chi connectivity index (χ0) is 12.1. The molecule has 3 N–H and O–H groups in total. The predicted octanol–water partition coefficient (Wildman–Crippen LogP) is -0.0810. The van der Waals surface area contributed by atoms with Crippen LogP contribution in [0.15, 0.2) is 18.5 Å². The van der Waals surface area contributed by atoms with Crippen molar-refractivity contribution in [2.75, 3.05) is 0 Å². The number of hydrogen-bond acceptors (Lipinski definition) is 4. The molecule has 1 rings (SSSR count). The summed E-state index contributed by atoms with van der Waals surface area (Å²) >= 11 is 0. The maximum absolute atomic E-state index is 10.8. The van der Waals surface area contributed by atoms with Gasteiger partial charge in [0.05, 0.1) is 6.20 Å². The molecular formula is C10H12N2O4. The summed E-state index contributed by atoms with van der Waals surface area (Å²) < 4.78 is 0. The second-order valence-corrected chi connectivity index (χ2v) is 3.35. The van der Waals surface area contributed by atoms with Gasteiger partial charge in [-0.15, -0.1) is 0 Å². The third kappa shape index (κ3) is 3.56. The molecule has 0 bridgehead atoms. The van der Waals surface area contributed by atoms with Crippen LogP contribution in [0.3, 0.4) is 0 Å². The predicted molar refractivity (Wildman–Crippen MR) is 54.8 cm³/mol. The molecular weight excluding hydrogens is 212 g/mol. The van der Waals surface area contributed by atoms with Crippen LogP contribution in [-0.4, -0.2) is 33.1 Å². The Balaban J connectivity index is 2.75. The number of aliphatic carboxylic acids is 1. The summed E-state index contributed by atoms with van der Waals surface area (Å²) in [4.78, 5) is 25.3. The highest BCUT2D eigenvalue weighted by Gasteiger charge is 2.18. The first kappa shape index (κ1) is 12.0. The van der Waals surface area contributed by atoms with Gasteiger partial charge in [0.1, 0.15) is 11.8 Å². The van der Waals surface area contributed by atoms with E-state index < -0.39 is 17.9 Å². The van der Waals surface area contributed by atoms with Crippen molar-refractivity contribution in [1.82, 2.24) is 10.3 Å². The molecule has 1 aromatic heterocycles. The molecule has 1 unspecified atom stereocenters. The van der Waals surface area contributed by atoms with Crippen molar-refractivity contribution in [2.45, 2.75) is 19.4 Å². The smallest absolute Gasteiger partial charge is 0.326 e. The highest BCUT2D eigenvalue weighted by Crippen LogP contribution is 2.10. The van der Waals surface area contributed by atoms with E-state index in [0.29, 0.717) is 5.56 Å². The Morgan fingerprint density at radius 3 is 2.69 bits per heavy atom. The molecule has 0 aliphatic heterocycles. The number of nitrogens with one attached hydrogen (secondary N) is 1. The van der Waals surface area contributed by atoms with E-state index in [0.717, 1.165) is 0 Å². The molecule has 1 heterocycles. The molecule has 6 heteroatoms. The second-order valence-electron chi connectivity index (χ2n) is 3.35. The molecule has 1 amide bonds. The zero-order valence-corrected chi connectivity index (χ0v) is 8.67. The van der Waals surface area contributed by atoms with Gasteiger partial charge in [-0.3, -0.25) is 9.78 Å². The van der Waals surface area contributed by atoms with Gasteiger partial charge in [-0.25, -0.2) is 4.79 Å². The number of pyridine rings is 1. The molecule has 86 valence electrons. The van der Waals surface area contributed by atoms with Crippen LogP contribution in [0.4, 0.5) is 0 Å². The van der Waals surface area contributed by atoms with Gasteiger partial charge in [-0.1, -0.05) is 0 Å². The van der Waals surface area contributed by atoms with Crippen LogP contribution >= 0.6 is 0 Å². The van der Waals surface area contributed by atoms with Crippen LogP contribution in [0.25, 0.3) is 0 Å². The molecule has 0 aromatic carbocycles. The molecule has 16 heavy (non-hydrogen) atoms. The van der Waals surface area contributed by atoms with E-state index in [-0.39, 0.29) is 12.2 Å². The number of carbonyl (C=O) groups is 2. The lowest BCUT2D eigenvalue weighted by atomic mass is 10.1. The topological polar surface area (TPSA) is 99.5 Å². The number of amides is 1. The van der Waals surface area contributed by atoms with E-state index in [1.54, 1.807) is 0 Å². The number of rotatable bonds is 4. The summed E-state index contributed by atoms with van der Waals surface area (Å²) in [7, 11) is 0. The quantitative estimate of drug-likeness (QED) is 0.664. The van der Waals surface area contributed by atoms with Gasteiger partial charge in [-0.2, -0.15) is 0 Å². The fourth-order valence-corrected chi connectivity index (χ4v) is 1.27. The Labute approximate surface area is 91.9 Å². The van der Waals surface area contributed by atoms with Crippen LogP contribution in [-0.2, 0) is 16.0 Å². The van der Waals surface area contributed by atoms with Gasteiger partial charge in [0.2, 0.25) is 5.91 Å². The Morgan fingerprint density at radius 2 is 2.19 bits per heavy atom. The number of carboxylic acids is 1. The maximum atomic E-state index is 10.8.